The molecule has 1 aromatic heterocycles. The van der Waals surface area contributed by atoms with Gasteiger partial charge in [0.25, 0.3) is 0 Å². The zero-order valence-corrected chi connectivity index (χ0v) is 24.0. The Hall–Kier alpha value is -4.14. The zero-order valence-electron chi connectivity index (χ0n) is 24.0. The topological polar surface area (TPSA) is 133 Å². The third kappa shape index (κ3) is 8.49. The molecule has 0 unspecified atom stereocenters. The molecular formula is C30H34F3N5O6. The van der Waals surface area contributed by atoms with Gasteiger partial charge in [-0.15, -0.1) is 13.2 Å². The van der Waals surface area contributed by atoms with Crippen LogP contribution in [-0.2, 0) is 33.7 Å². The molecule has 1 saturated heterocycles. The molecule has 0 bridgehead atoms. The van der Waals surface area contributed by atoms with Gasteiger partial charge in [-0.2, -0.15) is 4.98 Å². The van der Waals surface area contributed by atoms with Crippen LogP contribution in [0.4, 0.5) is 24.9 Å². The van der Waals surface area contributed by atoms with Crippen molar-refractivity contribution >= 4 is 17.7 Å². The number of rotatable bonds is 13. The number of carboxylic acid groups (broad SMARTS) is 1. The van der Waals surface area contributed by atoms with Crippen LogP contribution in [0.25, 0.3) is 11.3 Å². The van der Waals surface area contributed by atoms with E-state index in [0.717, 1.165) is 73.8 Å². The lowest BCUT2D eigenvalue weighted by molar-refractivity contribution is -0.274. The highest BCUT2D eigenvalue weighted by molar-refractivity contribution is 5.76. The van der Waals surface area contributed by atoms with E-state index in [2.05, 4.69) is 24.5 Å². The van der Waals surface area contributed by atoms with Crippen LogP contribution in [0.15, 0.2) is 42.5 Å². The Morgan fingerprint density at radius 1 is 0.932 bits per heavy atom. The van der Waals surface area contributed by atoms with Gasteiger partial charge in [-0.25, -0.2) is 9.78 Å². The van der Waals surface area contributed by atoms with Crippen LogP contribution in [0.3, 0.4) is 0 Å². The summed E-state index contributed by atoms with van der Waals surface area (Å²) < 4.78 is 57.6. The molecule has 3 aromatic rings. The Morgan fingerprint density at radius 2 is 1.66 bits per heavy atom. The minimum Gasteiger partial charge on any atom is -0.489 e. The molecule has 0 radical (unpaired) electrons. The van der Waals surface area contributed by atoms with Crippen molar-refractivity contribution in [1.82, 2.24) is 14.9 Å². The van der Waals surface area contributed by atoms with Crippen LogP contribution < -0.4 is 20.1 Å². The fourth-order valence-corrected chi connectivity index (χ4v) is 5.27. The van der Waals surface area contributed by atoms with Crippen molar-refractivity contribution in [2.24, 2.45) is 0 Å². The Bertz CT molecular complexity index is 1430. The molecule has 1 fully saturated rings. The van der Waals surface area contributed by atoms with Crippen LogP contribution in [-0.4, -0.2) is 91.5 Å². The Kier molecular flexibility index (Phi) is 10.0. The summed E-state index contributed by atoms with van der Waals surface area (Å²) in [4.78, 5) is 24.3. The van der Waals surface area contributed by atoms with Gasteiger partial charge >= 0.3 is 12.3 Å². The van der Waals surface area contributed by atoms with Crippen molar-refractivity contribution in [1.29, 1.82) is 0 Å². The van der Waals surface area contributed by atoms with E-state index in [4.69, 9.17) is 25.1 Å². The molecule has 44 heavy (non-hydrogen) atoms. The number of fused-ring (bicyclic) bond motifs is 3. The highest BCUT2D eigenvalue weighted by atomic mass is 19.4. The lowest BCUT2D eigenvalue weighted by Crippen LogP contribution is -2.48. The number of hydrogen-bond acceptors (Lipinski definition) is 10. The lowest BCUT2D eigenvalue weighted by atomic mass is 9.88. The first-order valence-electron chi connectivity index (χ1n) is 14.3. The van der Waals surface area contributed by atoms with Gasteiger partial charge < -0.3 is 34.7 Å². The molecule has 11 nitrogen and oxygen atoms in total. The van der Waals surface area contributed by atoms with Crippen molar-refractivity contribution in [3.05, 3.63) is 59.2 Å². The van der Waals surface area contributed by atoms with E-state index in [9.17, 15) is 18.0 Å². The molecule has 0 saturated carbocycles. The average Bonchev–Trinajstić information content (AvgIpc) is 2.99. The van der Waals surface area contributed by atoms with Gasteiger partial charge in [0.2, 0.25) is 5.95 Å². The Morgan fingerprint density at radius 3 is 2.39 bits per heavy atom. The predicted molar refractivity (Wildman–Crippen MR) is 155 cm³/mol. The smallest absolute Gasteiger partial charge is 0.489 e. The molecular weight excluding hydrogens is 583 g/mol. The number of alkyl halides is 3. The molecule has 1 aliphatic carbocycles. The number of carbonyl (C=O) groups is 1. The average molecular weight is 618 g/mol. The van der Waals surface area contributed by atoms with E-state index >= 15 is 0 Å². The molecule has 2 aromatic carbocycles. The predicted octanol–water partition coefficient (Wildman–Crippen LogP) is 3.54. The number of aromatic nitrogens is 2. The van der Waals surface area contributed by atoms with E-state index in [1.165, 1.54) is 24.3 Å². The van der Waals surface area contributed by atoms with E-state index < -0.39 is 12.3 Å². The number of ether oxygens (including phenoxy) is 4. The SMILES string of the molecule is Nc1nc2c(c(N3CCN(CCOCCOCC(=O)O)CC3)n1)CCc1cc(OCc3ccc(OC(F)(F)F)cc3)ccc1-2. The highest BCUT2D eigenvalue weighted by Crippen LogP contribution is 2.38. The molecule has 236 valence electrons. The van der Waals surface area contributed by atoms with Gasteiger partial charge in [0, 0.05) is 43.9 Å². The Balaban J connectivity index is 1.16. The summed E-state index contributed by atoms with van der Waals surface area (Å²) in [6, 6.07) is 11.4. The number of benzene rings is 2. The number of piperazine rings is 1. The maximum atomic E-state index is 12.4. The van der Waals surface area contributed by atoms with Gasteiger partial charge in [0.05, 0.1) is 25.5 Å². The van der Waals surface area contributed by atoms with E-state index in [1.807, 2.05) is 18.2 Å². The number of halogens is 3. The fraction of sp³-hybridized carbons (Fsp3) is 0.433. The fourth-order valence-electron chi connectivity index (χ4n) is 5.27. The quantitative estimate of drug-likeness (QED) is 0.273. The van der Waals surface area contributed by atoms with Gasteiger partial charge in [0.1, 0.15) is 30.5 Å². The monoisotopic (exact) mass is 617 g/mol. The molecule has 0 amide bonds. The number of carboxylic acids is 1. The van der Waals surface area contributed by atoms with Crippen LogP contribution >= 0.6 is 0 Å². The number of nitrogen functional groups attached to an aromatic ring is 1. The number of hydrogen-bond donors (Lipinski definition) is 2. The van der Waals surface area contributed by atoms with Crippen molar-refractivity contribution in [3.8, 4) is 22.8 Å². The molecule has 5 rings (SSSR count). The molecule has 2 aliphatic rings. The first kappa shape index (κ1) is 31.3. The summed E-state index contributed by atoms with van der Waals surface area (Å²) >= 11 is 0. The largest absolute Gasteiger partial charge is 0.573 e. The molecule has 2 heterocycles. The second kappa shape index (κ2) is 14.1. The maximum Gasteiger partial charge on any atom is 0.573 e. The summed E-state index contributed by atoms with van der Waals surface area (Å²) in [5, 5.41) is 8.58. The maximum absolute atomic E-state index is 12.4. The number of aliphatic carboxylic acids is 1. The summed E-state index contributed by atoms with van der Waals surface area (Å²) in [6.07, 6.45) is -3.21. The molecule has 0 spiro atoms. The van der Waals surface area contributed by atoms with Crippen LogP contribution in [0.1, 0.15) is 16.7 Å². The highest BCUT2D eigenvalue weighted by Gasteiger charge is 2.31. The zero-order chi connectivity index (χ0) is 31.1. The third-order valence-electron chi connectivity index (χ3n) is 7.36. The van der Waals surface area contributed by atoms with Crippen molar-refractivity contribution in [2.75, 3.05) is 69.8 Å². The molecule has 3 N–H and O–H groups in total. The minimum atomic E-state index is -4.73. The molecule has 1 aliphatic heterocycles. The van der Waals surface area contributed by atoms with E-state index in [1.54, 1.807) is 0 Å². The van der Waals surface area contributed by atoms with Gasteiger partial charge in [-0.05, 0) is 54.3 Å². The van der Waals surface area contributed by atoms with Crippen molar-refractivity contribution in [3.63, 3.8) is 0 Å². The minimum absolute atomic E-state index is 0.195. The van der Waals surface area contributed by atoms with Crippen molar-refractivity contribution < 1.29 is 42.0 Å². The number of nitrogens with two attached hydrogens (primary N) is 1. The van der Waals surface area contributed by atoms with Crippen LogP contribution in [0.2, 0.25) is 0 Å². The van der Waals surface area contributed by atoms with Gasteiger partial charge in [-0.1, -0.05) is 12.1 Å². The standard InChI is InChI=1S/C30H34F3N5O6/c31-30(32,33)44-22-4-1-20(2-5-22)18-43-23-6-8-24-21(17-23)3-7-25-27(24)35-29(34)36-28(25)38-11-9-37(10-12-38)13-14-41-15-16-42-19-26(39)40/h1-2,4-6,8,17H,3,7,9-16,18-19H2,(H,39,40)(H2,34,35,36). The number of anilines is 2. The third-order valence-corrected chi connectivity index (χ3v) is 7.36. The second-order valence-corrected chi connectivity index (χ2v) is 10.4. The summed E-state index contributed by atoms with van der Waals surface area (Å²) in [5.74, 6) is 0.454. The Labute approximate surface area is 252 Å². The van der Waals surface area contributed by atoms with Crippen LogP contribution in [0, 0.1) is 0 Å². The van der Waals surface area contributed by atoms with Gasteiger partial charge in [0.15, 0.2) is 0 Å². The normalized spacial score (nSPS) is 15.0. The second-order valence-electron chi connectivity index (χ2n) is 10.4. The summed E-state index contributed by atoms with van der Waals surface area (Å²) in [5.41, 5.74) is 10.8. The summed E-state index contributed by atoms with van der Waals surface area (Å²) in [7, 11) is 0. The molecule has 0 atom stereocenters. The first-order chi connectivity index (χ1) is 21.1. The van der Waals surface area contributed by atoms with Crippen molar-refractivity contribution in [2.45, 2.75) is 25.8 Å². The first-order valence-corrected chi connectivity index (χ1v) is 14.3. The molecule has 14 heteroatoms. The number of aryl methyl sites for hydroxylation is 1. The lowest BCUT2D eigenvalue weighted by Gasteiger charge is -2.37. The summed E-state index contributed by atoms with van der Waals surface area (Å²) in [6.45, 7) is 5.04. The number of nitrogens with zero attached hydrogens (tertiary/aromatic N) is 4. The van der Waals surface area contributed by atoms with Gasteiger partial charge in [-0.3, -0.25) is 4.90 Å². The van der Waals surface area contributed by atoms with Crippen LogP contribution in [0.5, 0.6) is 11.5 Å². The van der Waals surface area contributed by atoms with E-state index in [-0.39, 0.29) is 31.5 Å². The van der Waals surface area contributed by atoms with E-state index in [0.29, 0.717) is 24.5 Å².